The van der Waals surface area contributed by atoms with E-state index in [-0.39, 0.29) is 0 Å². The van der Waals surface area contributed by atoms with E-state index < -0.39 is 0 Å². The minimum atomic E-state index is 1.06. The molecule has 1 nitrogen and oxygen atoms in total. The molecule has 50 heavy (non-hydrogen) atoms. The molecule has 0 spiro atoms. The molecule has 0 saturated heterocycles. The van der Waals surface area contributed by atoms with Crippen LogP contribution >= 0.6 is 11.3 Å². The van der Waals surface area contributed by atoms with E-state index >= 15 is 0 Å². The summed E-state index contributed by atoms with van der Waals surface area (Å²) in [5.74, 6) is 0. The van der Waals surface area contributed by atoms with Gasteiger partial charge in [-0.2, -0.15) is 0 Å². The van der Waals surface area contributed by atoms with Crippen LogP contribution in [0.5, 0.6) is 0 Å². The zero-order chi connectivity index (χ0) is 33.0. The molecule has 0 atom stereocenters. The quantitative estimate of drug-likeness (QED) is 0.182. The fourth-order valence-corrected chi connectivity index (χ4v) is 8.85. The highest BCUT2D eigenvalue weighted by Gasteiger charge is 2.17. The Balaban J connectivity index is 1.05. The van der Waals surface area contributed by atoms with Gasteiger partial charge in [0.15, 0.2) is 0 Å². The van der Waals surface area contributed by atoms with E-state index in [9.17, 15) is 0 Å². The third kappa shape index (κ3) is 4.76. The number of hydrogen-bond acceptors (Lipinski definition) is 2. The lowest BCUT2D eigenvalue weighted by atomic mass is 9.85. The van der Waals surface area contributed by atoms with Crippen LogP contribution in [0.25, 0.3) is 85.9 Å². The van der Waals surface area contributed by atoms with Gasteiger partial charge in [-0.1, -0.05) is 146 Å². The number of rotatable bonds is 5. The zero-order valence-corrected chi connectivity index (χ0v) is 28.0. The van der Waals surface area contributed by atoms with Crippen LogP contribution in [-0.4, -0.2) is 0 Å². The van der Waals surface area contributed by atoms with E-state index in [4.69, 9.17) is 0 Å². The summed E-state index contributed by atoms with van der Waals surface area (Å²) >= 11 is 1.86. The molecule has 0 fully saturated rings. The average Bonchev–Trinajstić information content (AvgIpc) is 3.55. The maximum atomic E-state index is 3.75. The standard InChI is InChI=1S/C48H31NS/c1-2-12-33-29-35(22-21-31(33)11-1)48-42-17-5-3-15-40(42)47(41-16-4-6-18-43(41)48)32-23-26-36(27-24-32)49-44-19-9-7-13-37(44)34-25-28-39-38-14-8-10-20-45(38)50-46(39)30-34/h1-30,49H. The molecule has 0 aliphatic heterocycles. The summed E-state index contributed by atoms with van der Waals surface area (Å²) < 4.78 is 2.64. The van der Waals surface area contributed by atoms with E-state index in [0.29, 0.717) is 0 Å². The van der Waals surface area contributed by atoms with E-state index in [2.05, 4.69) is 187 Å². The molecule has 0 unspecified atom stereocenters. The fraction of sp³-hybridized carbons (Fsp3) is 0. The highest BCUT2D eigenvalue weighted by Crippen LogP contribution is 2.44. The van der Waals surface area contributed by atoms with Crippen LogP contribution in [0, 0.1) is 0 Å². The Kier molecular flexibility index (Phi) is 6.75. The maximum Gasteiger partial charge on any atom is 0.0463 e. The molecule has 0 aliphatic carbocycles. The van der Waals surface area contributed by atoms with Crippen LogP contribution in [0.15, 0.2) is 182 Å². The molecule has 2 heteroatoms. The van der Waals surface area contributed by atoms with Crippen LogP contribution < -0.4 is 5.32 Å². The number of fused-ring (bicyclic) bond motifs is 6. The topological polar surface area (TPSA) is 12.0 Å². The molecule has 0 radical (unpaired) electrons. The minimum Gasteiger partial charge on any atom is -0.355 e. The van der Waals surface area contributed by atoms with E-state index in [1.54, 1.807) is 0 Å². The summed E-state index contributed by atoms with van der Waals surface area (Å²) in [7, 11) is 0. The Hall–Kier alpha value is -6.22. The van der Waals surface area contributed by atoms with Gasteiger partial charge in [-0.05, 0) is 96.5 Å². The molecule has 0 amide bonds. The highest BCUT2D eigenvalue weighted by atomic mass is 32.1. The van der Waals surface area contributed by atoms with Gasteiger partial charge in [0, 0.05) is 37.1 Å². The average molecular weight is 654 g/mol. The molecule has 0 saturated carbocycles. The van der Waals surface area contributed by atoms with Crippen molar-refractivity contribution in [1.82, 2.24) is 0 Å². The molecule has 1 aromatic heterocycles. The molecule has 9 aromatic carbocycles. The number of thiophene rings is 1. The first kappa shape index (κ1) is 28.8. The van der Waals surface area contributed by atoms with Crippen molar-refractivity contribution in [2.24, 2.45) is 0 Å². The molecule has 10 aromatic rings. The maximum absolute atomic E-state index is 3.75. The first-order chi connectivity index (χ1) is 24.8. The largest absolute Gasteiger partial charge is 0.355 e. The van der Waals surface area contributed by atoms with Crippen molar-refractivity contribution >= 4 is 75.2 Å². The van der Waals surface area contributed by atoms with Gasteiger partial charge in [-0.3, -0.25) is 0 Å². The second-order valence-corrected chi connectivity index (χ2v) is 14.0. The Labute approximate surface area is 294 Å². The summed E-state index contributed by atoms with van der Waals surface area (Å²) in [6.07, 6.45) is 0. The Morgan fingerprint density at radius 1 is 0.340 bits per heavy atom. The predicted octanol–water partition coefficient (Wildman–Crippen LogP) is 14.3. The van der Waals surface area contributed by atoms with Gasteiger partial charge >= 0.3 is 0 Å². The number of benzene rings is 9. The second kappa shape index (κ2) is 11.7. The summed E-state index contributed by atoms with van der Waals surface area (Å²) in [4.78, 5) is 0. The minimum absolute atomic E-state index is 1.06. The smallest absolute Gasteiger partial charge is 0.0463 e. The molecular weight excluding hydrogens is 623 g/mol. The number of anilines is 2. The van der Waals surface area contributed by atoms with Gasteiger partial charge in [0.25, 0.3) is 0 Å². The van der Waals surface area contributed by atoms with Gasteiger partial charge in [0.1, 0.15) is 0 Å². The van der Waals surface area contributed by atoms with Crippen molar-refractivity contribution in [2.45, 2.75) is 0 Å². The first-order valence-corrected chi connectivity index (χ1v) is 17.9. The third-order valence-electron chi connectivity index (χ3n) is 10.0. The van der Waals surface area contributed by atoms with Crippen molar-refractivity contribution in [3.63, 3.8) is 0 Å². The van der Waals surface area contributed by atoms with Crippen molar-refractivity contribution in [2.75, 3.05) is 5.32 Å². The molecular formula is C48H31NS. The normalized spacial score (nSPS) is 11.6. The molecule has 0 aliphatic rings. The summed E-state index contributed by atoms with van der Waals surface area (Å²) in [5.41, 5.74) is 9.56. The number of hydrogen-bond donors (Lipinski definition) is 1. The van der Waals surface area contributed by atoms with Crippen LogP contribution in [0.2, 0.25) is 0 Å². The number of para-hydroxylation sites is 1. The van der Waals surface area contributed by atoms with E-state index in [0.717, 1.165) is 11.4 Å². The van der Waals surface area contributed by atoms with Crippen LogP contribution in [0.3, 0.4) is 0 Å². The molecule has 1 heterocycles. The number of nitrogens with one attached hydrogen (secondary N) is 1. The van der Waals surface area contributed by atoms with Gasteiger partial charge in [-0.25, -0.2) is 0 Å². The molecule has 234 valence electrons. The van der Waals surface area contributed by atoms with Crippen LogP contribution in [0.1, 0.15) is 0 Å². The Bertz CT molecular complexity index is 2840. The molecule has 10 rings (SSSR count). The second-order valence-electron chi connectivity index (χ2n) is 13.0. The van der Waals surface area contributed by atoms with Gasteiger partial charge in [0.05, 0.1) is 0 Å². The highest BCUT2D eigenvalue weighted by molar-refractivity contribution is 7.25. The summed E-state index contributed by atoms with van der Waals surface area (Å²) in [5, 5.41) is 14.0. The van der Waals surface area contributed by atoms with Gasteiger partial charge in [-0.15, -0.1) is 11.3 Å². The SMILES string of the molecule is c1ccc(-c2ccc3c(c2)sc2ccccc23)c(Nc2ccc(-c3c4ccccc4c(-c4ccc5ccccc5c4)c4ccccc34)cc2)c1. The Morgan fingerprint density at radius 2 is 0.880 bits per heavy atom. The lowest BCUT2D eigenvalue weighted by Gasteiger charge is -2.18. The first-order valence-electron chi connectivity index (χ1n) is 17.1. The Morgan fingerprint density at radius 3 is 1.62 bits per heavy atom. The fourth-order valence-electron chi connectivity index (χ4n) is 7.71. The third-order valence-corrected chi connectivity index (χ3v) is 11.2. The molecule has 1 N–H and O–H groups in total. The zero-order valence-electron chi connectivity index (χ0n) is 27.2. The van der Waals surface area contributed by atoms with Crippen LogP contribution in [0.4, 0.5) is 11.4 Å². The lowest BCUT2D eigenvalue weighted by Crippen LogP contribution is -1.94. The van der Waals surface area contributed by atoms with Crippen molar-refractivity contribution in [1.29, 1.82) is 0 Å². The lowest BCUT2D eigenvalue weighted by molar-refractivity contribution is 1.54. The van der Waals surface area contributed by atoms with Gasteiger partial charge < -0.3 is 5.32 Å². The van der Waals surface area contributed by atoms with E-state index in [1.165, 1.54) is 85.9 Å². The van der Waals surface area contributed by atoms with Gasteiger partial charge in [0.2, 0.25) is 0 Å². The molecule has 0 bridgehead atoms. The summed E-state index contributed by atoms with van der Waals surface area (Å²) in [6.45, 7) is 0. The van der Waals surface area contributed by atoms with E-state index in [1.807, 2.05) is 11.3 Å². The van der Waals surface area contributed by atoms with Crippen LogP contribution in [-0.2, 0) is 0 Å². The van der Waals surface area contributed by atoms with Crippen molar-refractivity contribution in [3.05, 3.63) is 182 Å². The van der Waals surface area contributed by atoms with Crippen molar-refractivity contribution < 1.29 is 0 Å². The summed E-state index contributed by atoms with van der Waals surface area (Å²) in [6, 6.07) is 66.3. The monoisotopic (exact) mass is 653 g/mol. The predicted molar refractivity (Wildman–Crippen MR) is 218 cm³/mol. The van der Waals surface area contributed by atoms with Crippen molar-refractivity contribution in [3.8, 4) is 33.4 Å².